The molecule has 7 nitrogen and oxygen atoms in total. The second-order valence-electron chi connectivity index (χ2n) is 6.58. The highest BCUT2D eigenvalue weighted by Crippen LogP contribution is 2.21. The largest absolute Gasteiger partial charge is 0.507 e. The van der Waals surface area contributed by atoms with Crippen molar-refractivity contribution in [2.24, 2.45) is 5.10 Å². The number of carbonyl (C=O) groups excluding carboxylic acids is 1. The molecule has 30 heavy (non-hydrogen) atoms. The van der Waals surface area contributed by atoms with E-state index in [9.17, 15) is 9.90 Å². The zero-order valence-electron chi connectivity index (χ0n) is 16.2. The number of nitrogens with one attached hydrogen (secondary N) is 1. The van der Waals surface area contributed by atoms with Crippen LogP contribution in [0.15, 0.2) is 84.0 Å². The van der Waals surface area contributed by atoms with Gasteiger partial charge < -0.3 is 5.11 Å². The van der Waals surface area contributed by atoms with Crippen LogP contribution in [0.5, 0.6) is 5.75 Å². The fourth-order valence-electron chi connectivity index (χ4n) is 2.93. The van der Waals surface area contributed by atoms with E-state index < -0.39 is 5.91 Å². The molecule has 1 amide bonds. The van der Waals surface area contributed by atoms with Crippen LogP contribution in [0.3, 0.4) is 0 Å². The number of aromatic nitrogens is 3. The lowest BCUT2D eigenvalue weighted by Gasteiger charge is -2.05. The molecule has 4 rings (SSSR count). The van der Waals surface area contributed by atoms with Gasteiger partial charge in [0, 0.05) is 11.1 Å². The number of nitrogens with zero attached hydrogens (tertiary/aromatic N) is 4. The maximum atomic E-state index is 12.6. The molecule has 0 saturated carbocycles. The normalized spacial score (nSPS) is 11.0. The van der Waals surface area contributed by atoms with E-state index in [2.05, 4.69) is 20.6 Å². The number of hydrazone groups is 1. The number of amides is 1. The summed E-state index contributed by atoms with van der Waals surface area (Å²) in [6.45, 7) is 1.79. The van der Waals surface area contributed by atoms with Crippen LogP contribution in [0.2, 0.25) is 0 Å². The monoisotopic (exact) mass is 397 g/mol. The van der Waals surface area contributed by atoms with Gasteiger partial charge in [0.2, 0.25) is 5.82 Å². The molecule has 0 radical (unpaired) electrons. The lowest BCUT2D eigenvalue weighted by molar-refractivity contribution is 0.0945. The molecule has 0 unspecified atom stereocenters. The summed E-state index contributed by atoms with van der Waals surface area (Å²) in [6.07, 6.45) is 1.38. The number of phenols is 1. The van der Waals surface area contributed by atoms with Crippen molar-refractivity contribution in [3.63, 3.8) is 0 Å². The molecule has 0 aliphatic rings. The van der Waals surface area contributed by atoms with Crippen LogP contribution in [0.1, 0.15) is 21.7 Å². The van der Waals surface area contributed by atoms with Gasteiger partial charge in [-0.25, -0.2) is 15.1 Å². The van der Waals surface area contributed by atoms with E-state index in [1.165, 1.54) is 6.21 Å². The first kappa shape index (κ1) is 19.1. The van der Waals surface area contributed by atoms with Crippen LogP contribution in [0, 0.1) is 6.92 Å². The number of aromatic hydroxyl groups is 1. The number of para-hydroxylation sites is 2. The molecule has 148 valence electrons. The number of hydrogen-bond acceptors (Lipinski definition) is 5. The van der Waals surface area contributed by atoms with E-state index in [0.29, 0.717) is 11.4 Å². The third kappa shape index (κ3) is 3.95. The average molecular weight is 397 g/mol. The zero-order valence-corrected chi connectivity index (χ0v) is 16.2. The standard InChI is InChI=1S/C23H19N5O2/c1-16-9-8-12-18(20(16)29)15-24-26-23(30)21-25-22(17-10-4-2-5-11-17)28(27-21)19-13-6-3-7-14-19/h2-15,29H,1H3,(H,26,30)/b24-15-. The van der Waals surface area contributed by atoms with Crippen molar-refractivity contribution in [1.82, 2.24) is 20.2 Å². The molecule has 0 aliphatic heterocycles. The fourth-order valence-corrected chi connectivity index (χ4v) is 2.93. The average Bonchev–Trinajstić information content (AvgIpc) is 3.23. The summed E-state index contributed by atoms with van der Waals surface area (Å²) in [4.78, 5) is 17.0. The van der Waals surface area contributed by atoms with E-state index in [0.717, 1.165) is 16.8 Å². The third-order valence-electron chi connectivity index (χ3n) is 4.48. The SMILES string of the molecule is Cc1cccc(/C=N\NC(=O)c2nc(-c3ccccc3)n(-c3ccccc3)n2)c1O. The van der Waals surface area contributed by atoms with Crippen LogP contribution >= 0.6 is 0 Å². The predicted molar refractivity (Wildman–Crippen MR) is 115 cm³/mol. The van der Waals surface area contributed by atoms with Crippen molar-refractivity contribution >= 4 is 12.1 Å². The minimum Gasteiger partial charge on any atom is -0.507 e. The van der Waals surface area contributed by atoms with Crippen molar-refractivity contribution in [2.45, 2.75) is 6.92 Å². The number of phenolic OH excluding ortho intramolecular Hbond substituents is 1. The quantitative estimate of drug-likeness (QED) is 0.397. The number of rotatable bonds is 5. The Morgan fingerprint density at radius 3 is 2.43 bits per heavy atom. The fraction of sp³-hybridized carbons (Fsp3) is 0.0435. The van der Waals surface area contributed by atoms with Crippen LogP contribution in [-0.4, -0.2) is 32.0 Å². The van der Waals surface area contributed by atoms with Gasteiger partial charge in [0.1, 0.15) is 5.75 Å². The van der Waals surface area contributed by atoms with Crippen LogP contribution < -0.4 is 5.43 Å². The van der Waals surface area contributed by atoms with E-state index in [-0.39, 0.29) is 11.6 Å². The molecule has 1 heterocycles. The van der Waals surface area contributed by atoms with Gasteiger partial charge in [-0.2, -0.15) is 5.10 Å². The maximum Gasteiger partial charge on any atom is 0.311 e. The highest BCUT2D eigenvalue weighted by atomic mass is 16.3. The third-order valence-corrected chi connectivity index (χ3v) is 4.48. The number of carbonyl (C=O) groups is 1. The molecule has 1 aromatic heterocycles. The van der Waals surface area contributed by atoms with Gasteiger partial charge in [-0.1, -0.05) is 60.7 Å². The zero-order chi connectivity index (χ0) is 20.9. The minimum absolute atomic E-state index is 0.0108. The molecular formula is C23H19N5O2. The van der Waals surface area contributed by atoms with Crippen molar-refractivity contribution in [3.8, 4) is 22.8 Å². The lowest BCUT2D eigenvalue weighted by atomic mass is 10.1. The van der Waals surface area contributed by atoms with E-state index >= 15 is 0 Å². The number of hydrogen-bond donors (Lipinski definition) is 2. The number of benzene rings is 3. The topological polar surface area (TPSA) is 92.4 Å². The molecule has 0 fully saturated rings. The summed E-state index contributed by atoms with van der Waals surface area (Å²) >= 11 is 0. The minimum atomic E-state index is -0.551. The molecular weight excluding hydrogens is 378 g/mol. The summed E-state index contributed by atoms with van der Waals surface area (Å²) in [5.74, 6) is 0.106. The van der Waals surface area contributed by atoms with Crippen LogP contribution in [0.4, 0.5) is 0 Å². The molecule has 3 aromatic carbocycles. The summed E-state index contributed by atoms with van der Waals surface area (Å²) in [6, 6.07) is 24.3. The van der Waals surface area contributed by atoms with Crippen LogP contribution in [-0.2, 0) is 0 Å². The Morgan fingerprint density at radius 2 is 1.70 bits per heavy atom. The Morgan fingerprint density at radius 1 is 1.00 bits per heavy atom. The molecule has 0 saturated heterocycles. The van der Waals surface area contributed by atoms with E-state index in [1.54, 1.807) is 29.8 Å². The van der Waals surface area contributed by atoms with Gasteiger partial charge in [0.15, 0.2) is 5.82 Å². The second-order valence-corrected chi connectivity index (χ2v) is 6.58. The van der Waals surface area contributed by atoms with E-state index in [4.69, 9.17) is 0 Å². The Labute approximate surface area is 173 Å². The first-order valence-electron chi connectivity index (χ1n) is 9.33. The molecule has 0 atom stereocenters. The van der Waals surface area contributed by atoms with Crippen molar-refractivity contribution in [1.29, 1.82) is 0 Å². The van der Waals surface area contributed by atoms with Gasteiger partial charge in [0.25, 0.3) is 0 Å². The lowest BCUT2D eigenvalue weighted by Crippen LogP contribution is -2.19. The summed E-state index contributed by atoms with van der Waals surface area (Å²) in [5, 5.41) is 18.4. The van der Waals surface area contributed by atoms with Gasteiger partial charge in [0.05, 0.1) is 11.9 Å². The Hall–Kier alpha value is -4.26. The second kappa shape index (κ2) is 8.40. The summed E-state index contributed by atoms with van der Waals surface area (Å²) < 4.78 is 1.63. The first-order valence-corrected chi connectivity index (χ1v) is 9.33. The first-order chi connectivity index (χ1) is 14.6. The number of aryl methyl sites for hydroxylation is 1. The van der Waals surface area contributed by atoms with Gasteiger partial charge in [-0.05, 0) is 30.7 Å². The highest BCUT2D eigenvalue weighted by Gasteiger charge is 2.18. The van der Waals surface area contributed by atoms with Crippen molar-refractivity contribution in [3.05, 3.63) is 95.8 Å². The van der Waals surface area contributed by atoms with Gasteiger partial charge in [-0.15, -0.1) is 5.10 Å². The van der Waals surface area contributed by atoms with E-state index in [1.807, 2.05) is 60.7 Å². The van der Waals surface area contributed by atoms with Crippen molar-refractivity contribution < 1.29 is 9.90 Å². The molecule has 7 heteroatoms. The highest BCUT2D eigenvalue weighted by molar-refractivity contribution is 5.92. The van der Waals surface area contributed by atoms with Crippen molar-refractivity contribution in [2.75, 3.05) is 0 Å². The smallest absolute Gasteiger partial charge is 0.311 e. The molecule has 0 bridgehead atoms. The maximum absolute atomic E-state index is 12.6. The molecule has 2 N–H and O–H groups in total. The Kier molecular flexibility index (Phi) is 5.34. The van der Waals surface area contributed by atoms with Gasteiger partial charge >= 0.3 is 5.91 Å². The van der Waals surface area contributed by atoms with Gasteiger partial charge in [-0.3, -0.25) is 4.79 Å². The molecule has 0 aliphatic carbocycles. The summed E-state index contributed by atoms with van der Waals surface area (Å²) in [5.41, 5.74) is 5.27. The molecule has 4 aromatic rings. The Bertz CT molecular complexity index is 1140. The molecule has 0 spiro atoms. The Balaban J connectivity index is 1.62. The summed E-state index contributed by atoms with van der Waals surface area (Å²) in [7, 11) is 0. The van der Waals surface area contributed by atoms with Crippen LogP contribution in [0.25, 0.3) is 17.1 Å². The predicted octanol–water partition coefficient (Wildman–Crippen LogP) is 3.71.